The van der Waals surface area contributed by atoms with Crippen molar-refractivity contribution in [3.8, 4) is 0 Å². The monoisotopic (exact) mass is 315 g/mol. The van der Waals surface area contributed by atoms with Crippen molar-refractivity contribution in [1.82, 2.24) is 0 Å². The topological polar surface area (TPSA) is 110 Å². The van der Waals surface area contributed by atoms with Gasteiger partial charge in [0.2, 0.25) is 0 Å². The number of aliphatic hydroxyl groups excluding tert-OH is 1. The van der Waals surface area contributed by atoms with Gasteiger partial charge in [-0.15, -0.1) is 0 Å². The van der Waals surface area contributed by atoms with Crippen LogP contribution in [0.4, 0.5) is 5.69 Å². The molecule has 0 saturated heterocycles. The van der Waals surface area contributed by atoms with Crippen LogP contribution in [0.15, 0.2) is 48.5 Å². The number of hydrogen-bond acceptors (Lipinski definition) is 5. The van der Waals surface area contributed by atoms with E-state index >= 15 is 0 Å². The van der Waals surface area contributed by atoms with Crippen LogP contribution in [0, 0.1) is 0 Å². The Morgan fingerprint density at radius 3 is 2.43 bits per heavy atom. The molecule has 0 radical (unpaired) electrons. The molecule has 2 aromatic rings. The van der Waals surface area contributed by atoms with Gasteiger partial charge in [-0.1, -0.05) is 36.4 Å². The smallest absolute Gasteiger partial charge is 0.338 e. The van der Waals surface area contributed by atoms with Crippen LogP contribution in [0.5, 0.6) is 0 Å². The van der Waals surface area contributed by atoms with Crippen molar-refractivity contribution in [2.45, 2.75) is 19.1 Å². The van der Waals surface area contributed by atoms with Crippen molar-refractivity contribution in [2.75, 3.05) is 5.73 Å². The van der Waals surface area contributed by atoms with Crippen molar-refractivity contribution in [2.24, 2.45) is 0 Å². The number of nitrogen functional groups attached to an aromatic ring is 1. The number of aliphatic hydroxyl groups is 1. The highest BCUT2D eigenvalue weighted by Crippen LogP contribution is 2.17. The Balaban J connectivity index is 2.01. The van der Waals surface area contributed by atoms with Crippen LogP contribution in [0.25, 0.3) is 0 Å². The van der Waals surface area contributed by atoms with Crippen molar-refractivity contribution < 1.29 is 24.5 Å². The SMILES string of the molecule is Nc1cc(C(=O)OCc2ccccc2)ccc1CC(O)C(=O)O. The summed E-state index contributed by atoms with van der Waals surface area (Å²) in [4.78, 5) is 22.6. The first-order valence-corrected chi connectivity index (χ1v) is 6.97. The summed E-state index contributed by atoms with van der Waals surface area (Å²) in [5, 5.41) is 18.0. The molecule has 0 heterocycles. The van der Waals surface area contributed by atoms with E-state index in [0.29, 0.717) is 5.56 Å². The van der Waals surface area contributed by atoms with E-state index in [9.17, 15) is 14.7 Å². The summed E-state index contributed by atoms with van der Waals surface area (Å²) in [5.74, 6) is -1.85. The Hall–Kier alpha value is -2.86. The Morgan fingerprint density at radius 2 is 1.83 bits per heavy atom. The number of benzene rings is 2. The van der Waals surface area contributed by atoms with E-state index in [-0.39, 0.29) is 24.3 Å². The average molecular weight is 315 g/mol. The molecule has 0 aliphatic carbocycles. The van der Waals surface area contributed by atoms with Gasteiger partial charge in [0.1, 0.15) is 6.61 Å². The largest absolute Gasteiger partial charge is 0.479 e. The fraction of sp³-hybridized carbons (Fsp3) is 0.176. The van der Waals surface area contributed by atoms with E-state index in [4.69, 9.17) is 15.6 Å². The second-order valence-corrected chi connectivity index (χ2v) is 5.03. The number of esters is 1. The first-order chi connectivity index (χ1) is 11.0. The zero-order valence-corrected chi connectivity index (χ0v) is 12.3. The molecule has 1 atom stereocenters. The lowest BCUT2D eigenvalue weighted by molar-refractivity contribution is -0.146. The van der Waals surface area contributed by atoms with Crippen LogP contribution < -0.4 is 5.73 Å². The molecule has 6 heteroatoms. The van der Waals surface area contributed by atoms with E-state index in [1.807, 2.05) is 30.3 Å². The molecule has 2 aromatic carbocycles. The number of hydrogen-bond donors (Lipinski definition) is 3. The summed E-state index contributed by atoms with van der Waals surface area (Å²) in [7, 11) is 0. The number of rotatable bonds is 6. The van der Waals surface area contributed by atoms with Crippen molar-refractivity contribution in [3.63, 3.8) is 0 Å². The lowest BCUT2D eigenvalue weighted by Crippen LogP contribution is -2.22. The molecule has 23 heavy (non-hydrogen) atoms. The van der Waals surface area contributed by atoms with Crippen molar-refractivity contribution in [1.29, 1.82) is 0 Å². The van der Waals surface area contributed by atoms with Gasteiger partial charge < -0.3 is 20.7 Å². The zero-order chi connectivity index (χ0) is 16.8. The van der Waals surface area contributed by atoms with Gasteiger partial charge in [0.25, 0.3) is 0 Å². The van der Waals surface area contributed by atoms with Crippen LogP contribution in [0.2, 0.25) is 0 Å². The molecule has 4 N–H and O–H groups in total. The normalized spacial score (nSPS) is 11.7. The number of nitrogens with two attached hydrogens (primary N) is 1. The van der Waals surface area contributed by atoms with E-state index < -0.39 is 18.0 Å². The summed E-state index contributed by atoms with van der Waals surface area (Å²) in [6, 6.07) is 13.7. The third-order valence-corrected chi connectivity index (χ3v) is 3.29. The molecule has 0 aliphatic rings. The molecule has 2 rings (SSSR count). The van der Waals surface area contributed by atoms with Gasteiger partial charge in [0, 0.05) is 12.1 Å². The van der Waals surface area contributed by atoms with Crippen molar-refractivity contribution >= 4 is 17.6 Å². The van der Waals surface area contributed by atoms with Crippen LogP contribution >= 0.6 is 0 Å². The molecule has 0 aromatic heterocycles. The number of carbonyl (C=O) groups is 2. The molecule has 0 spiro atoms. The number of carboxylic acids is 1. The highest BCUT2D eigenvalue weighted by molar-refractivity contribution is 5.90. The van der Waals surface area contributed by atoms with Gasteiger partial charge in [0.05, 0.1) is 5.56 Å². The van der Waals surface area contributed by atoms with Gasteiger partial charge in [-0.3, -0.25) is 0 Å². The Bertz CT molecular complexity index is 699. The Kier molecular flexibility index (Phi) is 5.32. The van der Waals surface area contributed by atoms with E-state index in [2.05, 4.69) is 0 Å². The molecule has 0 amide bonds. The molecule has 0 saturated carbocycles. The minimum atomic E-state index is -1.53. The molecule has 0 bridgehead atoms. The summed E-state index contributed by atoms with van der Waals surface area (Å²) >= 11 is 0. The minimum Gasteiger partial charge on any atom is -0.479 e. The predicted octanol–water partition coefficient (Wildman–Crippen LogP) is 1.61. The van der Waals surface area contributed by atoms with Gasteiger partial charge >= 0.3 is 11.9 Å². The van der Waals surface area contributed by atoms with Gasteiger partial charge in [-0.05, 0) is 23.3 Å². The predicted molar refractivity (Wildman–Crippen MR) is 83.8 cm³/mol. The first-order valence-electron chi connectivity index (χ1n) is 6.97. The molecule has 0 fully saturated rings. The number of aliphatic carboxylic acids is 1. The van der Waals surface area contributed by atoms with Gasteiger partial charge in [-0.2, -0.15) is 0 Å². The standard InChI is InChI=1S/C17H17NO5/c18-14-8-13(7-6-12(14)9-15(19)16(20)21)17(22)23-10-11-4-2-1-3-5-11/h1-8,15,19H,9-10,18H2,(H,20,21). The minimum absolute atomic E-state index is 0.124. The second-order valence-electron chi connectivity index (χ2n) is 5.03. The third-order valence-electron chi connectivity index (χ3n) is 3.29. The number of anilines is 1. The summed E-state index contributed by atoms with van der Waals surface area (Å²) < 4.78 is 5.19. The molecular formula is C17H17NO5. The third kappa shape index (κ3) is 4.55. The Labute approximate surface area is 133 Å². The number of carbonyl (C=O) groups excluding carboxylic acids is 1. The maximum absolute atomic E-state index is 12.0. The second kappa shape index (κ2) is 7.42. The van der Waals surface area contributed by atoms with Crippen LogP contribution in [0.3, 0.4) is 0 Å². The summed E-state index contributed by atoms with van der Waals surface area (Å²) in [5.41, 5.74) is 7.64. The van der Waals surface area contributed by atoms with Crippen LogP contribution in [0.1, 0.15) is 21.5 Å². The summed E-state index contributed by atoms with van der Waals surface area (Å²) in [6.45, 7) is 0.152. The first kappa shape index (κ1) is 16.5. The lowest BCUT2D eigenvalue weighted by Gasteiger charge is -2.10. The molecular weight excluding hydrogens is 298 g/mol. The number of carboxylic acid groups (broad SMARTS) is 1. The van der Waals surface area contributed by atoms with Crippen molar-refractivity contribution in [3.05, 3.63) is 65.2 Å². The molecule has 0 aliphatic heterocycles. The molecule has 6 nitrogen and oxygen atoms in total. The quantitative estimate of drug-likeness (QED) is 0.552. The molecule has 1 unspecified atom stereocenters. The Morgan fingerprint density at radius 1 is 1.13 bits per heavy atom. The van der Waals surface area contributed by atoms with Gasteiger partial charge in [0.15, 0.2) is 6.10 Å². The van der Waals surface area contributed by atoms with E-state index in [0.717, 1.165) is 5.56 Å². The van der Waals surface area contributed by atoms with E-state index in [1.165, 1.54) is 18.2 Å². The summed E-state index contributed by atoms with van der Waals surface area (Å²) in [6.07, 6.45) is -1.66. The average Bonchev–Trinajstić information content (AvgIpc) is 2.55. The zero-order valence-electron chi connectivity index (χ0n) is 12.3. The maximum Gasteiger partial charge on any atom is 0.338 e. The number of ether oxygens (including phenoxy) is 1. The van der Waals surface area contributed by atoms with E-state index in [1.54, 1.807) is 0 Å². The van der Waals surface area contributed by atoms with Crippen LogP contribution in [-0.4, -0.2) is 28.3 Å². The molecule has 120 valence electrons. The maximum atomic E-state index is 12.0. The highest BCUT2D eigenvalue weighted by atomic mass is 16.5. The highest BCUT2D eigenvalue weighted by Gasteiger charge is 2.16. The fourth-order valence-electron chi connectivity index (χ4n) is 2.01. The lowest BCUT2D eigenvalue weighted by atomic mass is 10.0. The van der Waals surface area contributed by atoms with Crippen LogP contribution in [-0.2, 0) is 22.6 Å². The fourth-order valence-corrected chi connectivity index (χ4v) is 2.01. The van der Waals surface area contributed by atoms with Gasteiger partial charge in [-0.25, -0.2) is 9.59 Å².